The van der Waals surface area contributed by atoms with Crippen molar-refractivity contribution in [3.05, 3.63) is 249 Å². The molecule has 314 valence electrons. The highest BCUT2D eigenvalue weighted by molar-refractivity contribution is 7.25. The van der Waals surface area contributed by atoms with E-state index in [1.54, 1.807) is 0 Å². The first-order valence-electron chi connectivity index (χ1n) is 22.8. The van der Waals surface area contributed by atoms with E-state index < -0.39 is 0 Å². The van der Waals surface area contributed by atoms with Gasteiger partial charge < -0.3 is 9.32 Å². The first kappa shape index (κ1) is 38.9. The smallest absolute Gasteiger partial charge is 0.145 e. The summed E-state index contributed by atoms with van der Waals surface area (Å²) in [6, 6.07) is 90.1. The maximum Gasteiger partial charge on any atom is 0.145 e. The SMILES string of the molecule is c1ccc(-c2ccc3c(c2)oc2c(-c4ccccc4)ccc(N(c4ccc(-c5cc6ccccc6cc5-c5ccccc5)cc4)c4ccc5sc6cc(-c7ccccc7)ccc6c5c4)c23)cc1. The van der Waals surface area contributed by atoms with Crippen molar-refractivity contribution < 1.29 is 4.42 Å². The van der Waals surface area contributed by atoms with E-state index in [-0.39, 0.29) is 0 Å². The van der Waals surface area contributed by atoms with E-state index in [1.165, 1.54) is 58.8 Å². The average Bonchev–Trinajstić information content (AvgIpc) is 3.98. The zero-order valence-corrected chi connectivity index (χ0v) is 37.3. The van der Waals surface area contributed by atoms with E-state index in [9.17, 15) is 0 Å². The lowest BCUT2D eigenvalue weighted by molar-refractivity contribution is 0.670. The van der Waals surface area contributed by atoms with Crippen LogP contribution in [0, 0.1) is 0 Å². The van der Waals surface area contributed by atoms with Crippen molar-refractivity contribution in [2.45, 2.75) is 0 Å². The van der Waals surface area contributed by atoms with E-state index in [0.717, 1.165) is 66.8 Å². The molecular formula is C64H41NOS. The van der Waals surface area contributed by atoms with Crippen LogP contribution in [0.5, 0.6) is 0 Å². The Morgan fingerprint density at radius 1 is 0.313 bits per heavy atom. The van der Waals surface area contributed by atoms with E-state index >= 15 is 0 Å². The van der Waals surface area contributed by atoms with Crippen LogP contribution in [0.15, 0.2) is 253 Å². The van der Waals surface area contributed by atoms with E-state index in [1.807, 2.05) is 11.3 Å². The molecule has 0 amide bonds. The molecule has 0 radical (unpaired) electrons. The summed E-state index contributed by atoms with van der Waals surface area (Å²) < 4.78 is 9.60. The molecule has 0 bridgehead atoms. The second-order valence-electron chi connectivity index (χ2n) is 17.2. The largest absolute Gasteiger partial charge is 0.455 e. The fourth-order valence-corrected chi connectivity index (χ4v) is 11.1. The van der Waals surface area contributed by atoms with Gasteiger partial charge in [-0.1, -0.05) is 176 Å². The van der Waals surface area contributed by atoms with Gasteiger partial charge in [-0.3, -0.25) is 0 Å². The highest BCUT2D eigenvalue weighted by atomic mass is 32.1. The molecule has 67 heavy (non-hydrogen) atoms. The number of furan rings is 1. The molecule has 0 saturated heterocycles. The third-order valence-electron chi connectivity index (χ3n) is 13.3. The Kier molecular flexibility index (Phi) is 9.40. The van der Waals surface area contributed by atoms with Crippen LogP contribution in [0.2, 0.25) is 0 Å². The topological polar surface area (TPSA) is 16.4 Å². The Hall–Kier alpha value is -8.50. The van der Waals surface area contributed by atoms with Crippen molar-refractivity contribution in [3.8, 4) is 55.6 Å². The summed E-state index contributed by atoms with van der Waals surface area (Å²) in [7, 11) is 0. The number of hydrogen-bond acceptors (Lipinski definition) is 3. The maximum absolute atomic E-state index is 7.07. The number of anilines is 3. The van der Waals surface area contributed by atoms with Crippen molar-refractivity contribution in [1.29, 1.82) is 0 Å². The molecule has 13 aromatic rings. The fraction of sp³-hybridized carbons (Fsp3) is 0. The van der Waals surface area contributed by atoms with E-state index in [4.69, 9.17) is 4.42 Å². The predicted octanol–water partition coefficient (Wildman–Crippen LogP) is 18.9. The predicted molar refractivity (Wildman–Crippen MR) is 286 cm³/mol. The van der Waals surface area contributed by atoms with Crippen molar-refractivity contribution in [1.82, 2.24) is 0 Å². The van der Waals surface area contributed by atoms with Crippen LogP contribution in [-0.2, 0) is 0 Å². The van der Waals surface area contributed by atoms with Gasteiger partial charge in [-0.2, -0.15) is 0 Å². The van der Waals surface area contributed by atoms with Gasteiger partial charge in [-0.15, -0.1) is 11.3 Å². The molecule has 0 saturated carbocycles. The molecule has 11 aromatic carbocycles. The van der Waals surface area contributed by atoms with E-state index in [2.05, 4.69) is 254 Å². The molecule has 0 N–H and O–H groups in total. The van der Waals surface area contributed by atoms with Crippen molar-refractivity contribution in [2.75, 3.05) is 4.90 Å². The highest BCUT2D eigenvalue weighted by Crippen LogP contribution is 2.49. The summed E-state index contributed by atoms with van der Waals surface area (Å²) in [6.45, 7) is 0. The second-order valence-corrected chi connectivity index (χ2v) is 18.3. The summed E-state index contributed by atoms with van der Waals surface area (Å²) >= 11 is 1.85. The standard InChI is InChI=1S/C64H41NOS/c1-5-15-42(16-6-1)49-28-33-55-60(39-49)66-64-53(44-19-9-3-10-20-44)34-35-59(63(55)64)65(52-31-36-61-58(41-52)54-32-27-50(40-62(54)67-61)43-17-7-2-8-18-43)51-29-25-46(26-30-51)57-38-48-24-14-13-23-47(48)37-56(57)45-21-11-4-12-22-45/h1-41H. The van der Waals surface area contributed by atoms with Gasteiger partial charge in [-0.25, -0.2) is 0 Å². The van der Waals surface area contributed by atoms with E-state index in [0.29, 0.717) is 0 Å². The molecule has 13 rings (SSSR count). The zero-order valence-electron chi connectivity index (χ0n) is 36.4. The van der Waals surface area contributed by atoms with Gasteiger partial charge in [0.1, 0.15) is 11.2 Å². The van der Waals surface area contributed by atoms with Gasteiger partial charge in [0.05, 0.1) is 11.1 Å². The minimum Gasteiger partial charge on any atom is -0.455 e. The van der Waals surface area contributed by atoms with Gasteiger partial charge in [0, 0.05) is 42.5 Å². The molecule has 0 spiro atoms. The Bertz CT molecular complexity index is 3950. The van der Waals surface area contributed by atoms with Crippen LogP contribution in [-0.4, -0.2) is 0 Å². The Morgan fingerprint density at radius 2 is 0.821 bits per heavy atom. The minimum atomic E-state index is 0.856. The van der Waals surface area contributed by atoms with Crippen molar-refractivity contribution in [3.63, 3.8) is 0 Å². The Balaban J connectivity index is 1.03. The monoisotopic (exact) mass is 871 g/mol. The van der Waals surface area contributed by atoms with Crippen LogP contribution in [0.25, 0.3) is 109 Å². The first-order valence-corrected chi connectivity index (χ1v) is 23.6. The molecule has 3 heteroatoms. The summed E-state index contributed by atoms with van der Waals surface area (Å²) in [5.74, 6) is 0. The minimum absolute atomic E-state index is 0.856. The lowest BCUT2D eigenvalue weighted by Gasteiger charge is -2.27. The molecule has 0 unspecified atom stereocenters. The van der Waals surface area contributed by atoms with Gasteiger partial charge in [0.15, 0.2) is 0 Å². The molecule has 0 aliphatic heterocycles. The summed E-state index contributed by atoms with van der Waals surface area (Å²) in [4.78, 5) is 2.43. The molecular weight excluding hydrogens is 831 g/mol. The average molecular weight is 872 g/mol. The van der Waals surface area contributed by atoms with Crippen LogP contribution in [0.1, 0.15) is 0 Å². The Labute approximate surface area is 392 Å². The number of thiophene rings is 1. The fourth-order valence-electron chi connectivity index (χ4n) is 9.97. The second kappa shape index (κ2) is 16.2. The van der Waals surface area contributed by atoms with Crippen LogP contribution < -0.4 is 4.90 Å². The maximum atomic E-state index is 7.07. The molecule has 2 heterocycles. The number of benzene rings is 11. The number of fused-ring (bicyclic) bond motifs is 7. The van der Waals surface area contributed by atoms with Crippen LogP contribution >= 0.6 is 11.3 Å². The molecule has 0 aliphatic rings. The summed E-state index contributed by atoms with van der Waals surface area (Å²) in [5.41, 5.74) is 16.6. The molecule has 0 aliphatic carbocycles. The molecule has 0 atom stereocenters. The third-order valence-corrected chi connectivity index (χ3v) is 14.4. The number of nitrogens with zero attached hydrogens (tertiary/aromatic N) is 1. The van der Waals surface area contributed by atoms with Crippen LogP contribution in [0.3, 0.4) is 0 Å². The quantitative estimate of drug-likeness (QED) is 0.151. The third kappa shape index (κ3) is 6.88. The highest BCUT2D eigenvalue weighted by Gasteiger charge is 2.24. The summed E-state index contributed by atoms with van der Waals surface area (Å²) in [5, 5.41) is 7.09. The first-order chi connectivity index (χ1) is 33.2. The lowest BCUT2D eigenvalue weighted by atomic mass is 9.91. The van der Waals surface area contributed by atoms with Gasteiger partial charge in [0.2, 0.25) is 0 Å². The van der Waals surface area contributed by atoms with Gasteiger partial charge in [-0.05, 0) is 134 Å². The molecule has 2 aromatic heterocycles. The van der Waals surface area contributed by atoms with Crippen molar-refractivity contribution in [2.24, 2.45) is 0 Å². The molecule has 2 nitrogen and oxygen atoms in total. The zero-order chi connectivity index (χ0) is 44.3. The lowest BCUT2D eigenvalue weighted by Crippen LogP contribution is -2.10. The molecule has 0 fully saturated rings. The summed E-state index contributed by atoms with van der Waals surface area (Å²) in [6.07, 6.45) is 0. The number of rotatable bonds is 8. The van der Waals surface area contributed by atoms with Gasteiger partial charge in [0.25, 0.3) is 0 Å². The Morgan fingerprint density at radius 3 is 1.45 bits per heavy atom. The van der Waals surface area contributed by atoms with Crippen molar-refractivity contribution >= 4 is 81.3 Å². The van der Waals surface area contributed by atoms with Gasteiger partial charge >= 0.3 is 0 Å². The van der Waals surface area contributed by atoms with Crippen LogP contribution in [0.4, 0.5) is 17.1 Å². The normalized spacial score (nSPS) is 11.6. The number of hydrogen-bond donors (Lipinski definition) is 0.